The van der Waals surface area contributed by atoms with Gasteiger partial charge in [0.25, 0.3) is 0 Å². The van der Waals surface area contributed by atoms with Crippen molar-refractivity contribution in [3.8, 4) is 11.5 Å². The molecule has 0 saturated heterocycles. The molecule has 0 amide bonds. The van der Waals surface area contributed by atoms with Gasteiger partial charge in [0.05, 0.1) is 23.5 Å². The Bertz CT molecular complexity index is 849. The van der Waals surface area contributed by atoms with Crippen LogP contribution in [-0.4, -0.2) is 16.8 Å². The summed E-state index contributed by atoms with van der Waals surface area (Å²) >= 11 is 0. The zero-order chi connectivity index (χ0) is 13.6. The fourth-order valence-corrected chi connectivity index (χ4v) is 2.41. The van der Waals surface area contributed by atoms with Gasteiger partial charge in [0.15, 0.2) is 16.9 Å². The molecular formula is C15H13NO3. The SMILES string of the molecule is COc1cc2c(cc1O)c(=O)c1ccccc1n2C. The number of hydrogen-bond donors (Lipinski definition) is 1. The zero-order valence-corrected chi connectivity index (χ0v) is 10.7. The largest absolute Gasteiger partial charge is 0.504 e. The molecule has 0 radical (unpaired) electrons. The topological polar surface area (TPSA) is 51.5 Å². The number of benzene rings is 2. The van der Waals surface area contributed by atoms with E-state index in [2.05, 4.69) is 0 Å². The lowest BCUT2D eigenvalue weighted by Crippen LogP contribution is -2.09. The smallest absolute Gasteiger partial charge is 0.197 e. The van der Waals surface area contributed by atoms with E-state index in [-0.39, 0.29) is 11.2 Å². The van der Waals surface area contributed by atoms with E-state index in [4.69, 9.17) is 4.74 Å². The van der Waals surface area contributed by atoms with Gasteiger partial charge in [-0.05, 0) is 18.2 Å². The normalized spacial score (nSPS) is 11.1. The molecule has 4 nitrogen and oxygen atoms in total. The molecule has 3 aromatic rings. The summed E-state index contributed by atoms with van der Waals surface area (Å²) in [5, 5.41) is 10.9. The molecule has 0 saturated carbocycles. The van der Waals surface area contributed by atoms with Crippen molar-refractivity contribution in [2.45, 2.75) is 0 Å². The molecule has 1 heterocycles. The summed E-state index contributed by atoms with van der Waals surface area (Å²) in [6.45, 7) is 0. The monoisotopic (exact) mass is 255 g/mol. The summed E-state index contributed by atoms with van der Waals surface area (Å²) in [5.41, 5.74) is 1.51. The second-order valence-electron chi connectivity index (χ2n) is 4.45. The van der Waals surface area contributed by atoms with E-state index in [1.165, 1.54) is 13.2 Å². The summed E-state index contributed by atoms with van der Waals surface area (Å²) in [6.07, 6.45) is 0. The van der Waals surface area contributed by atoms with Gasteiger partial charge < -0.3 is 14.4 Å². The van der Waals surface area contributed by atoms with E-state index in [0.717, 1.165) is 11.0 Å². The van der Waals surface area contributed by atoms with Crippen molar-refractivity contribution in [2.75, 3.05) is 7.11 Å². The summed E-state index contributed by atoms with van der Waals surface area (Å²) in [6, 6.07) is 10.6. The molecule has 4 heteroatoms. The number of aromatic nitrogens is 1. The lowest BCUT2D eigenvalue weighted by Gasteiger charge is -2.12. The van der Waals surface area contributed by atoms with Crippen molar-refractivity contribution in [1.82, 2.24) is 4.57 Å². The van der Waals surface area contributed by atoms with Gasteiger partial charge in [0, 0.05) is 18.5 Å². The van der Waals surface area contributed by atoms with Crippen molar-refractivity contribution in [3.05, 3.63) is 46.6 Å². The van der Waals surface area contributed by atoms with Crippen molar-refractivity contribution in [1.29, 1.82) is 0 Å². The highest BCUT2D eigenvalue weighted by atomic mass is 16.5. The van der Waals surface area contributed by atoms with Crippen molar-refractivity contribution < 1.29 is 9.84 Å². The number of methoxy groups -OCH3 is 1. The second-order valence-corrected chi connectivity index (χ2v) is 4.45. The highest BCUT2D eigenvalue weighted by Gasteiger charge is 2.12. The Labute approximate surface area is 109 Å². The average molecular weight is 255 g/mol. The average Bonchev–Trinajstić information content (AvgIpc) is 2.44. The molecule has 0 aliphatic rings. The van der Waals surface area contributed by atoms with Crippen LogP contribution in [0.25, 0.3) is 21.8 Å². The maximum Gasteiger partial charge on any atom is 0.197 e. The van der Waals surface area contributed by atoms with Crippen LogP contribution in [0.5, 0.6) is 11.5 Å². The van der Waals surface area contributed by atoms with Crippen LogP contribution in [0.15, 0.2) is 41.2 Å². The first-order valence-electron chi connectivity index (χ1n) is 5.92. The maximum absolute atomic E-state index is 12.4. The summed E-state index contributed by atoms with van der Waals surface area (Å²) in [5.74, 6) is 0.333. The minimum atomic E-state index is -0.0818. The van der Waals surface area contributed by atoms with Gasteiger partial charge in [0.1, 0.15) is 0 Å². The maximum atomic E-state index is 12.4. The predicted molar refractivity (Wildman–Crippen MR) is 74.9 cm³/mol. The van der Waals surface area contributed by atoms with E-state index in [0.29, 0.717) is 16.5 Å². The Kier molecular flexibility index (Phi) is 2.45. The van der Waals surface area contributed by atoms with Gasteiger partial charge >= 0.3 is 0 Å². The second kappa shape index (κ2) is 4.02. The molecule has 1 N–H and O–H groups in total. The van der Waals surface area contributed by atoms with Crippen LogP contribution < -0.4 is 10.2 Å². The number of ether oxygens (including phenoxy) is 1. The number of pyridine rings is 1. The molecule has 19 heavy (non-hydrogen) atoms. The fourth-order valence-electron chi connectivity index (χ4n) is 2.41. The molecule has 0 atom stereocenters. The number of rotatable bonds is 1. The Morgan fingerprint density at radius 2 is 1.84 bits per heavy atom. The van der Waals surface area contributed by atoms with E-state index in [1.807, 2.05) is 29.8 Å². The number of phenolic OH excluding ortho intramolecular Hbond substituents is 1. The summed E-state index contributed by atoms with van der Waals surface area (Å²) < 4.78 is 7.02. The quantitative estimate of drug-likeness (QED) is 0.679. The van der Waals surface area contributed by atoms with Crippen molar-refractivity contribution in [2.24, 2.45) is 7.05 Å². The molecule has 3 rings (SSSR count). The van der Waals surface area contributed by atoms with Crippen LogP contribution in [0.4, 0.5) is 0 Å². The molecule has 0 unspecified atom stereocenters. The number of aryl methyl sites for hydroxylation is 1. The predicted octanol–water partition coefficient (Wildman–Crippen LogP) is 2.41. The Hall–Kier alpha value is -2.49. The number of phenols is 1. The number of fused-ring (bicyclic) bond motifs is 2. The van der Waals surface area contributed by atoms with Gasteiger partial charge in [-0.15, -0.1) is 0 Å². The lowest BCUT2D eigenvalue weighted by atomic mass is 10.1. The number of aromatic hydroxyl groups is 1. The van der Waals surface area contributed by atoms with Gasteiger partial charge in [-0.25, -0.2) is 0 Å². The van der Waals surface area contributed by atoms with Gasteiger partial charge in [-0.1, -0.05) is 12.1 Å². The third kappa shape index (κ3) is 1.57. The first-order valence-corrected chi connectivity index (χ1v) is 5.92. The van der Waals surface area contributed by atoms with Gasteiger partial charge in [0.2, 0.25) is 0 Å². The van der Waals surface area contributed by atoms with Crippen molar-refractivity contribution in [3.63, 3.8) is 0 Å². The highest BCUT2D eigenvalue weighted by Crippen LogP contribution is 2.30. The molecule has 96 valence electrons. The van der Waals surface area contributed by atoms with Crippen LogP contribution in [0.2, 0.25) is 0 Å². The van der Waals surface area contributed by atoms with Crippen LogP contribution in [0, 0.1) is 0 Å². The minimum Gasteiger partial charge on any atom is -0.504 e. The van der Waals surface area contributed by atoms with E-state index >= 15 is 0 Å². The highest BCUT2D eigenvalue weighted by molar-refractivity contribution is 5.94. The summed E-state index contributed by atoms with van der Waals surface area (Å²) in [7, 11) is 3.38. The van der Waals surface area contributed by atoms with E-state index in [9.17, 15) is 9.90 Å². The van der Waals surface area contributed by atoms with Gasteiger partial charge in [-0.3, -0.25) is 4.79 Å². The first-order chi connectivity index (χ1) is 9.13. The zero-order valence-electron chi connectivity index (χ0n) is 10.7. The third-order valence-corrected chi connectivity index (χ3v) is 3.41. The lowest BCUT2D eigenvalue weighted by molar-refractivity contribution is 0.374. The van der Waals surface area contributed by atoms with Crippen LogP contribution in [-0.2, 0) is 7.05 Å². The Balaban J connectivity index is 2.60. The van der Waals surface area contributed by atoms with E-state index in [1.54, 1.807) is 12.1 Å². The standard InChI is InChI=1S/C15H13NO3/c1-16-11-6-4-3-5-9(11)15(18)10-7-13(17)14(19-2)8-12(10)16/h3-8,17H,1-2H3. The Morgan fingerprint density at radius 1 is 1.11 bits per heavy atom. The third-order valence-electron chi connectivity index (χ3n) is 3.41. The number of hydrogen-bond acceptors (Lipinski definition) is 3. The van der Waals surface area contributed by atoms with Crippen LogP contribution in [0.1, 0.15) is 0 Å². The molecule has 1 aromatic heterocycles. The minimum absolute atomic E-state index is 0.0256. The first kappa shape index (κ1) is 11.6. The fraction of sp³-hybridized carbons (Fsp3) is 0.133. The molecule has 0 fully saturated rings. The Morgan fingerprint density at radius 3 is 2.58 bits per heavy atom. The summed E-state index contributed by atoms with van der Waals surface area (Å²) in [4.78, 5) is 12.4. The van der Waals surface area contributed by atoms with Crippen LogP contribution in [0.3, 0.4) is 0 Å². The molecule has 0 aliphatic heterocycles. The van der Waals surface area contributed by atoms with Crippen LogP contribution >= 0.6 is 0 Å². The molecule has 0 spiro atoms. The van der Waals surface area contributed by atoms with Gasteiger partial charge in [-0.2, -0.15) is 0 Å². The molecule has 0 aliphatic carbocycles. The van der Waals surface area contributed by atoms with Crippen molar-refractivity contribution >= 4 is 21.8 Å². The molecule has 0 bridgehead atoms. The number of nitrogens with zero attached hydrogens (tertiary/aromatic N) is 1. The molecular weight excluding hydrogens is 242 g/mol. The molecule has 2 aromatic carbocycles. The number of para-hydroxylation sites is 1. The van der Waals surface area contributed by atoms with E-state index < -0.39 is 0 Å².